The van der Waals surface area contributed by atoms with Crippen LogP contribution in [0.25, 0.3) is 0 Å². The third kappa shape index (κ3) is 6.15. The summed E-state index contributed by atoms with van der Waals surface area (Å²) in [6.07, 6.45) is 2.38. The monoisotopic (exact) mass is 403 g/mol. The maximum Gasteiger partial charge on any atom is 0.338 e. The van der Waals surface area contributed by atoms with E-state index in [4.69, 9.17) is 9.47 Å². The molecule has 1 amide bonds. The van der Waals surface area contributed by atoms with E-state index in [0.29, 0.717) is 24.4 Å². The molecule has 2 aromatic rings. The Labute approximate surface area is 169 Å². The molecular formula is C21H27N2O4S+. The van der Waals surface area contributed by atoms with Crippen LogP contribution in [0, 0.1) is 0 Å². The highest BCUT2D eigenvalue weighted by Crippen LogP contribution is 2.12. The van der Waals surface area contributed by atoms with Crippen molar-refractivity contribution in [2.45, 2.75) is 32.4 Å². The van der Waals surface area contributed by atoms with Crippen LogP contribution in [-0.2, 0) is 20.8 Å². The number of nitrogens with one attached hydrogen (secondary N) is 2. The molecule has 1 saturated heterocycles. The highest BCUT2D eigenvalue weighted by Gasteiger charge is 2.24. The van der Waals surface area contributed by atoms with Crippen LogP contribution in [0.3, 0.4) is 0 Å². The van der Waals surface area contributed by atoms with Gasteiger partial charge in [-0.25, -0.2) is 4.79 Å². The molecule has 1 fully saturated rings. The number of amides is 1. The van der Waals surface area contributed by atoms with Crippen LogP contribution in [0.2, 0.25) is 0 Å². The summed E-state index contributed by atoms with van der Waals surface area (Å²) >= 11 is 1.71. The molecule has 1 unspecified atom stereocenters. The third-order valence-electron chi connectivity index (χ3n) is 4.64. The van der Waals surface area contributed by atoms with Crippen molar-refractivity contribution in [3.8, 4) is 0 Å². The number of quaternary nitrogens is 1. The van der Waals surface area contributed by atoms with Crippen molar-refractivity contribution in [3.63, 3.8) is 0 Å². The molecule has 1 aromatic heterocycles. The van der Waals surface area contributed by atoms with Crippen LogP contribution in [0.15, 0.2) is 41.8 Å². The van der Waals surface area contributed by atoms with Crippen LogP contribution >= 0.6 is 11.3 Å². The van der Waals surface area contributed by atoms with Crippen molar-refractivity contribution >= 4 is 28.9 Å². The molecule has 150 valence electrons. The van der Waals surface area contributed by atoms with Crippen molar-refractivity contribution in [1.29, 1.82) is 0 Å². The molecule has 0 aliphatic carbocycles. The van der Waals surface area contributed by atoms with E-state index < -0.39 is 0 Å². The van der Waals surface area contributed by atoms with Gasteiger partial charge in [-0.1, -0.05) is 6.07 Å². The fraction of sp³-hybridized carbons (Fsp3) is 0.429. The zero-order valence-electron chi connectivity index (χ0n) is 16.1. The number of hydrogen-bond donors (Lipinski definition) is 2. The van der Waals surface area contributed by atoms with Gasteiger partial charge in [-0.3, -0.25) is 4.79 Å². The summed E-state index contributed by atoms with van der Waals surface area (Å²) in [6, 6.07) is 10.9. The number of carbonyl (C=O) groups is 2. The second-order valence-corrected chi connectivity index (χ2v) is 7.90. The molecule has 28 heavy (non-hydrogen) atoms. The standard InChI is InChI=1S/C21H26N2O4S/c1-2-26-21(25)16-7-9-17(10-8-16)22-20(24)15-23(13-18-5-3-11-27-18)14-19-6-4-12-28-19/h4,6-10,12,18H,2-3,5,11,13-15H2,1H3,(H,22,24)/p+1/t18-/m1/s1. The molecule has 2 atom stereocenters. The van der Waals surface area contributed by atoms with E-state index >= 15 is 0 Å². The van der Waals surface area contributed by atoms with Gasteiger partial charge < -0.3 is 19.7 Å². The highest BCUT2D eigenvalue weighted by molar-refractivity contribution is 7.09. The van der Waals surface area contributed by atoms with Crippen molar-refractivity contribution in [2.75, 3.05) is 31.6 Å². The van der Waals surface area contributed by atoms with Gasteiger partial charge in [-0.15, -0.1) is 11.3 Å². The molecule has 7 heteroatoms. The van der Waals surface area contributed by atoms with E-state index in [2.05, 4.69) is 16.8 Å². The molecule has 0 spiro atoms. The lowest BCUT2D eigenvalue weighted by Crippen LogP contribution is -3.12. The number of benzene rings is 1. The van der Waals surface area contributed by atoms with Crippen LogP contribution in [0.1, 0.15) is 35.0 Å². The molecule has 2 heterocycles. The lowest BCUT2D eigenvalue weighted by Gasteiger charge is -2.21. The second kappa shape index (κ2) is 10.4. The minimum Gasteiger partial charge on any atom is -0.462 e. The van der Waals surface area contributed by atoms with Gasteiger partial charge in [-0.2, -0.15) is 0 Å². The summed E-state index contributed by atoms with van der Waals surface area (Å²) in [5.41, 5.74) is 1.15. The topological polar surface area (TPSA) is 69.1 Å². The SMILES string of the molecule is CCOC(=O)c1ccc(NC(=O)C[NH+](Cc2cccs2)C[C@H]2CCCO2)cc1. The minimum absolute atomic E-state index is 0.0477. The van der Waals surface area contributed by atoms with Crippen molar-refractivity contribution in [2.24, 2.45) is 0 Å². The summed E-state index contributed by atoms with van der Waals surface area (Å²) in [7, 11) is 0. The predicted octanol–water partition coefficient (Wildman–Crippen LogP) is 2.13. The van der Waals surface area contributed by atoms with Gasteiger partial charge in [-0.05, 0) is 55.5 Å². The molecule has 1 aromatic carbocycles. The molecule has 3 rings (SSSR count). The zero-order valence-corrected chi connectivity index (χ0v) is 16.9. The number of thiophene rings is 1. The normalized spacial score (nSPS) is 17.2. The largest absolute Gasteiger partial charge is 0.462 e. The fourth-order valence-electron chi connectivity index (χ4n) is 3.33. The lowest BCUT2D eigenvalue weighted by atomic mass is 10.2. The Morgan fingerprint density at radius 1 is 1.29 bits per heavy atom. The Bertz CT molecular complexity index is 755. The lowest BCUT2D eigenvalue weighted by molar-refractivity contribution is -0.908. The van der Waals surface area contributed by atoms with Crippen molar-refractivity contribution in [1.82, 2.24) is 0 Å². The summed E-state index contributed by atoms with van der Waals surface area (Å²) in [6.45, 7) is 4.94. The Balaban J connectivity index is 1.56. The van der Waals surface area contributed by atoms with Gasteiger partial charge in [0.1, 0.15) is 19.2 Å². The first-order valence-electron chi connectivity index (χ1n) is 9.68. The molecular weight excluding hydrogens is 376 g/mol. The van der Waals surface area contributed by atoms with E-state index in [0.717, 1.165) is 32.5 Å². The van der Waals surface area contributed by atoms with E-state index in [-0.39, 0.29) is 18.0 Å². The molecule has 6 nitrogen and oxygen atoms in total. The van der Waals surface area contributed by atoms with Crippen LogP contribution in [-0.4, -0.2) is 44.3 Å². The molecule has 1 aliphatic rings. The molecule has 0 radical (unpaired) electrons. The van der Waals surface area contributed by atoms with E-state index in [1.807, 2.05) is 6.07 Å². The number of rotatable bonds is 9. The summed E-state index contributed by atoms with van der Waals surface area (Å²) in [5.74, 6) is -0.406. The molecule has 0 bridgehead atoms. The maximum absolute atomic E-state index is 12.6. The predicted molar refractivity (Wildman–Crippen MR) is 109 cm³/mol. The summed E-state index contributed by atoms with van der Waals surface area (Å²) in [5, 5.41) is 4.99. The quantitative estimate of drug-likeness (QED) is 0.630. The Morgan fingerprint density at radius 3 is 2.75 bits per heavy atom. The average molecular weight is 404 g/mol. The molecule has 2 N–H and O–H groups in total. The Hall–Kier alpha value is -2.22. The third-order valence-corrected chi connectivity index (χ3v) is 5.51. The Kier molecular flexibility index (Phi) is 7.59. The van der Waals surface area contributed by atoms with Crippen molar-refractivity contribution in [3.05, 3.63) is 52.2 Å². The van der Waals surface area contributed by atoms with Crippen molar-refractivity contribution < 1.29 is 24.0 Å². The average Bonchev–Trinajstić information content (AvgIpc) is 3.36. The van der Waals surface area contributed by atoms with Crippen LogP contribution in [0.5, 0.6) is 0 Å². The van der Waals surface area contributed by atoms with Crippen LogP contribution in [0.4, 0.5) is 5.69 Å². The van der Waals surface area contributed by atoms with Gasteiger partial charge in [0.05, 0.1) is 17.0 Å². The smallest absolute Gasteiger partial charge is 0.338 e. The molecule has 1 aliphatic heterocycles. The van der Waals surface area contributed by atoms with E-state index in [9.17, 15) is 9.59 Å². The van der Waals surface area contributed by atoms with Gasteiger partial charge in [0, 0.05) is 12.3 Å². The minimum atomic E-state index is -0.358. The van der Waals surface area contributed by atoms with Gasteiger partial charge in [0.15, 0.2) is 6.54 Å². The highest BCUT2D eigenvalue weighted by atomic mass is 32.1. The second-order valence-electron chi connectivity index (χ2n) is 6.87. The van der Waals surface area contributed by atoms with Gasteiger partial charge in [0.2, 0.25) is 0 Å². The van der Waals surface area contributed by atoms with Gasteiger partial charge in [0.25, 0.3) is 5.91 Å². The number of anilines is 1. The zero-order chi connectivity index (χ0) is 19.8. The number of hydrogen-bond acceptors (Lipinski definition) is 5. The first-order valence-corrected chi connectivity index (χ1v) is 10.6. The summed E-state index contributed by atoms with van der Waals surface area (Å²) < 4.78 is 10.7. The van der Waals surface area contributed by atoms with E-state index in [1.54, 1.807) is 42.5 Å². The number of ether oxygens (including phenoxy) is 2. The van der Waals surface area contributed by atoms with E-state index in [1.165, 1.54) is 9.78 Å². The molecule has 0 saturated carbocycles. The van der Waals surface area contributed by atoms with Crippen LogP contribution < -0.4 is 10.2 Å². The number of esters is 1. The summed E-state index contributed by atoms with van der Waals surface area (Å²) in [4.78, 5) is 26.8. The Morgan fingerprint density at radius 2 is 2.11 bits per heavy atom. The number of carbonyl (C=O) groups excluding carboxylic acids is 2. The van der Waals surface area contributed by atoms with Gasteiger partial charge >= 0.3 is 5.97 Å². The fourth-order valence-corrected chi connectivity index (χ4v) is 4.11. The first-order chi connectivity index (χ1) is 13.6. The first kappa shape index (κ1) is 20.5. The maximum atomic E-state index is 12.6.